The van der Waals surface area contributed by atoms with Crippen LogP contribution in [0.15, 0.2) is 30.3 Å². The monoisotopic (exact) mass is 261 g/mol. The Hall–Kier alpha value is -1.35. The van der Waals surface area contributed by atoms with Crippen LogP contribution in [0, 0.1) is 5.92 Å². The molecule has 2 rings (SSSR count). The van der Waals surface area contributed by atoms with E-state index in [1.54, 1.807) is 0 Å². The van der Waals surface area contributed by atoms with Gasteiger partial charge in [-0.05, 0) is 38.3 Å². The summed E-state index contributed by atoms with van der Waals surface area (Å²) in [7, 11) is 0. The largest absolute Gasteiger partial charge is 0.466 e. The number of nitrogens with one attached hydrogen (secondary N) is 1. The molecule has 1 aromatic carbocycles. The fourth-order valence-electron chi connectivity index (χ4n) is 2.78. The predicted molar refractivity (Wildman–Crippen MR) is 75.9 cm³/mol. The number of benzene rings is 1. The molecule has 0 saturated heterocycles. The molecule has 0 heterocycles. The van der Waals surface area contributed by atoms with Crippen molar-refractivity contribution in [3.05, 3.63) is 35.9 Å². The molecular weight excluding hydrogens is 238 g/mol. The number of carbonyl (C=O) groups is 1. The quantitative estimate of drug-likeness (QED) is 0.800. The molecule has 1 saturated carbocycles. The van der Waals surface area contributed by atoms with E-state index in [4.69, 9.17) is 4.74 Å². The van der Waals surface area contributed by atoms with Crippen LogP contribution < -0.4 is 5.32 Å². The first-order valence-electron chi connectivity index (χ1n) is 7.25. The van der Waals surface area contributed by atoms with E-state index in [1.165, 1.54) is 5.56 Å². The smallest absolute Gasteiger partial charge is 0.310 e. The van der Waals surface area contributed by atoms with Crippen molar-refractivity contribution in [3.8, 4) is 0 Å². The van der Waals surface area contributed by atoms with Gasteiger partial charge in [0.15, 0.2) is 0 Å². The van der Waals surface area contributed by atoms with E-state index >= 15 is 0 Å². The van der Waals surface area contributed by atoms with Crippen LogP contribution in [0.3, 0.4) is 0 Å². The van der Waals surface area contributed by atoms with Gasteiger partial charge in [0, 0.05) is 6.04 Å². The molecule has 0 aromatic heterocycles. The van der Waals surface area contributed by atoms with E-state index in [9.17, 15) is 4.79 Å². The Morgan fingerprint density at radius 2 is 2.11 bits per heavy atom. The zero-order valence-electron chi connectivity index (χ0n) is 11.6. The Kier molecular flexibility index (Phi) is 5.40. The molecule has 19 heavy (non-hydrogen) atoms. The number of hydrogen-bond acceptors (Lipinski definition) is 3. The maximum Gasteiger partial charge on any atom is 0.310 e. The van der Waals surface area contributed by atoms with Crippen LogP contribution in [0.4, 0.5) is 0 Å². The molecule has 0 amide bonds. The van der Waals surface area contributed by atoms with Crippen LogP contribution in [-0.4, -0.2) is 25.2 Å². The van der Waals surface area contributed by atoms with E-state index in [-0.39, 0.29) is 11.9 Å². The summed E-state index contributed by atoms with van der Waals surface area (Å²) < 4.78 is 5.14. The van der Waals surface area contributed by atoms with E-state index in [2.05, 4.69) is 29.6 Å². The summed E-state index contributed by atoms with van der Waals surface area (Å²) in [6.07, 6.45) is 4.17. The molecule has 3 nitrogen and oxygen atoms in total. The van der Waals surface area contributed by atoms with Crippen molar-refractivity contribution >= 4 is 5.97 Å². The Morgan fingerprint density at radius 3 is 2.84 bits per heavy atom. The highest BCUT2D eigenvalue weighted by atomic mass is 16.5. The van der Waals surface area contributed by atoms with E-state index in [1.807, 2.05) is 13.0 Å². The lowest BCUT2D eigenvalue weighted by Gasteiger charge is -2.19. The van der Waals surface area contributed by atoms with Crippen molar-refractivity contribution in [3.63, 3.8) is 0 Å². The normalized spacial score (nSPS) is 22.4. The van der Waals surface area contributed by atoms with E-state index < -0.39 is 0 Å². The minimum absolute atomic E-state index is 0.0304. The summed E-state index contributed by atoms with van der Waals surface area (Å²) >= 11 is 0. The summed E-state index contributed by atoms with van der Waals surface area (Å²) in [4.78, 5) is 11.8. The fourth-order valence-corrected chi connectivity index (χ4v) is 2.78. The molecule has 0 radical (unpaired) electrons. The van der Waals surface area contributed by atoms with E-state index in [0.717, 1.165) is 32.2 Å². The summed E-state index contributed by atoms with van der Waals surface area (Å²) in [5.74, 6) is 0.0212. The Bertz CT molecular complexity index is 391. The molecule has 1 aliphatic carbocycles. The van der Waals surface area contributed by atoms with Gasteiger partial charge in [-0.25, -0.2) is 0 Å². The fraction of sp³-hybridized carbons (Fsp3) is 0.562. The highest BCUT2D eigenvalue weighted by Gasteiger charge is 2.33. The molecule has 1 fully saturated rings. The van der Waals surface area contributed by atoms with Crippen LogP contribution in [0.25, 0.3) is 0 Å². The first-order valence-corrected chi connectivity index (χ1v) is 7.25. The van der Waals surface area contributed by atoms with Gasteiger partial charge in [0.2, 0.25) is 0 Å². The van der Waals surface area contributed by atoms with Crippen LogP contribution >= 0.6 is 0 Å². The van der Waals surface area contributed by atoms with Gasteiger partial charge in [-0.15, -0.1) is 0 Å². The SMILES string of the molecule is CCOC(=O)C1CCCC1NCCc1ccccc1. The molecule has 2 unspecified atom stereocenters. The average Bonchev–Trinajstić information content (AvgIpc) is 2.89. The lowest BCUT2D eigenvalue weighted by molar-refractivity contribution is -0.148. The van der Waals surface area contributed by atoms with Crippen molar-refractivity contribution < 1.29 is 9.53 Å². The minimum atomic E-state index is -0.0304. The summed E-state index contributed by atoms with van der Waals surface area (Å²) in [6, 6.07) is 10.7. The first kappa shape index (κ1) is 14.1. The molecule has 0 spiro atoms. The second-order valence-corrected chi connectivity index (χ2v) is 5.09. The summed E-state index contributed by atoms with van der Waals surface area (Å²) in [5, 5.41) is 3.52. The highest BCUT2D eigenvalue weighted by Crippen LogP contribution is 2.26. The average molecular weight is 261 g/mol. The zero-order valence-corrected chi connectivity index (χ0v) is 11.6. The van der Waals surface area contributed by atoms with E-state index in [0.29, 0.717) is 12.6 Å². The Morgan fingerprint density at radius 1 is 1.32 bits per heavy atom. The van der Waals surface area contributed by atoms with Crippen molar-refractivity contribution in [2.45, 2.75) is 38.6 Å². The minimum Gasteiger partial charge on any atom is -0.466 e. The molecule has 0 bridgehead atoms. The second-order valence-electron chi connectivity index (χ2n) is 5.09. The number of esters is 1. The van der Waals surface area contributed by atoms with Gasteiger partial charge in [-0.3, -0.25) is 4.79 Å². The van der Waals surface area contributed by atoms with Gasteiger partial charge in [0.25, 0.3) is 0 Å². The van der Waals surface area contributed by atoms with Crippen molar-refractivity contribution in [1.82, 2.24) is 5.32 Å². The standard InChI is InChI=1S/C16H23NO2/c1-2-19-16(18)14-9-6-10-15(14)17-12-11-13-7-4-3-5-8-13/h3-5,7-8,14-15,17H,2,6,9-12H2,1H3. The molecule has 0 aliphatic heterocycles. The van der Waals surface area contributed by atoms with Crippen LogP contribution in [-0.2, 0) is 16.0 Å². The molecular formula is C16H23NO2. The molecule has 104 valence electrons. The summed E-state index contributed by atoms with van der Waals surface area (Å²) in [6.45, 7) is 3.27. The van der Waals surface area contributed by atoms with Gasteiger partial charge < -0.3 is 10.1 Å². The van der Waals surface area contributed by atoms with Crippen molar-refractivity contribution in [2.24, 2.45) is 5.92 Å². The zero-order chi connectivity index (χ0) is 13.5. The molecule has 1 aromatic rings. The third-order valence-corrected chi connectivity index (χ3v) is 3.77. The number of rotatable bonds is 6. The Balaban J connectivity index is 1.77. The molecule has 2 atom stereocenters. The summed E-state index contributed by atoms with van der Waals surface area (Å²) in [5.41, 5.74) is 1.33. The van der Waals surface area contributed by atoms with Crippen LogP contribution in [0.5, 0.6) is 0 Å². The molecule has 1 N–H and O–H groups in total. The first-order chi connectivity index (χ1) is 9.31. The van der Waals surface area contributed by atoms with Gasteiger partial charge in [-0.2, -0.15) is 0 Å². The van der Waals surface area contributed by atoms with Crippen LogP contribution in [0.2, 0.25) is 0 Å². The third kappa shape index (κ3) is 4.06. The molecule has 3 heteroatoms. The lowest BCUT2D eigenvalue weighted by atomic mass is 10.0. The van der Waals surface area contributed by atoms with Gasteiger partial charge in [-0.1, -0.05) is 36.8 Å². The van der Waals surface area contributed by atoms with Crippen LogP contribution in [0.1, 0.15) is 31.7 Å². The highest BCUT2D eigenvalue weighted by molar-refractivity contribution is 5.73. The topological polar surface area (TPSA) is 38.3 Å². The maximum atomic E-state index is 11.8. The lowest BCUT2D eigenvalue weighted by Crippen LogP contribution is -2.38. The third-order valence-electron chi connectivity index (χ3n) is 3.77. The second kappa shape index (κ2) is 7.29. The number of hydrogen-bond donors (Lipinski definition) is 1. The number of ether oxygens (including phenoxy) is 1. The van der Waals surface area contributed by atoms with Gasteiger partial charge in [0.1, 0.15) is 0 Å². The Labute approximate surface area is 115 Å². The van der Waals surface area contributed by atoms with Crippen molar-refractivity contribution in [1.29, 1.82) is 0 Å². The van der Waals surface area contributed by atoms with Gasteiger partial charge >= 0.3 is 5.97 Å². The molecule has 1 aliphatic rings. The maximum absolute atomic E-state index is 11.8. The van der Waals surface area contributed by atoms with Crippen molar-refractivity contribution in [2.75, 3.05) is 13.2 Å². The number of carbonyl (C=O) groups excluding carboxylic acids is 1. The predicted octanol–water partition coefficient (Wildman–Crippen LogP) is 2.55. The van der Waals surface area contributed by atoms with Gasteiger partial charge in [0.05, 0.1) is 12.5 Å².